The maximum Gasteiger partial charge on any atom is 0.203 e. The van der Waals surface area contributed by atoms with Crippen LogP contribution >= 0.6 is 11.3 Å². The third-order valence-electron chi connectivity index (χ3n) is 5.35. The van der Waals surface area contributed by atoms with Crippen molar-refractivity contribution in [3.8, 4) is 17.2 Å². The van der Waals surface area contributed by atoms with E-state index in [0.29, 0.717) is 29.3 Å². The summed E-state index contributed by atoms with van der Waals surface area (Å²) in [6.07, 6.45) is 5.17. The number of hydrogen-bond acceptors (Lipinski definition) is 5. The van der Waals surface area contributed by atoms with Crippen molar-refractivity contribution < 1.29 is 18.9 Å². The molecule has 1 aromatic heterocycles. The Balaban J connectivity index is 1.79. The summed E-state index contributed by atoms with van der Waals surface area (Å²) in [6, 6.07) is 6.23. The molecule has 0 unspecified atom stereocenters. The van der Waals surface area contributed by atoms with E-state index in [1.807, 2.05) is 23.5 Å². The van der Waals surface area contributed by atoms with E-state index in [9.17, 15) is 0 Å². The zero-order chi connectivity index (χ0) is 17.4. The first kappa shape index (κ1) is 16.7. The smallest absolute Gasteiger partial charge is 0.203 e. The first-order valence-corrected chi connectivity index (χ1v) is 9.67. The number of rotatable bonds is 4. The van der Waals surface area contributed by atoms with Crippen LogP contribution in [0.3, 0.4) is 0 Å². The highest BCUT2D eigenvalue weighted by atomic mass is 32.1. The Bertz CT molecular complexity index is 729. The fourth-order valence-corrected chi connectivity index (χ4v) is 5.28. The SMILES string of the molecule is COc1cc([C@@H]2O[C@@H]3CCCC[C@H]3c3sccc32)cc(OC)c1OC. The van der Waals surface area contributed by atoms with Crippen molar-refractivity contribution >= 4 is 11.3 Å². The first-order valence-electron chi connectivity index (χ1n) is 8.79. The summed E-state index contributed by atoms with van der Waals surface area (Å²) >= 11 is 1.87. The topological polar surface area (TPSA) is 36.9 Å². The molecular formula is C20H24O4S. The maximum atomic E-state index is 6.59. The molecule has 3 atom stereocenters. The predicted octanol–water partition coefficient (Wildman–Crippen LogP) is 4.92. The van der Waals surface area contributed by atoms with E-state index in [1.165, 1.54) is 29.7 Å². The van der Waals surface area contributed by atoms with Gasteiger partial charge in [0.2, 0.25) is 5.75 Å². The molecule has 1 aromatic carbocycles. The van der Waals surface area contributed by atoms with Crippen LogP contribution in [0, 0.1) is 0 Å². The van der Waals surface area contributed by atoms with Crippen LogP contribution in [0.4, 0.5) is 0 Å². The summed E-state index contributed by atoms with van der Waals surface area (Å²) in [5, 5.41) is 2.19. The normalized spacial score (nSPS) is 25.0. The van der Waals surface area contributed by atoms with E-state index in [-0.39, 0.29) is 6.10 Å². The molecule has 2 aliphatic rings. The Morgan fingerprint density at radius 2 is 1.72 bits per heavy atom. The second kappa shape index (κ2) is 6.89. The van der Waals surface area contributed by atoms with Crippen molar-refractivity contribution in [3.63, 3.8) is 0 Å². The van der Waals surface area contributed by atoms with E-state index in [0.717, 1.165) is 12.0 Å². The lowest BCUT2D eigenvalue weighted by molar-refractivity contribution is -0.0375. The lowest BCUT2D eigenvalue weighted by Gasteiger charge is -2.39. The van der Waals surface area contributed by atoms with Crippen LogP contribution < -0.4 is 14.2 Å². The number of ether oxygens (including phenoxy) is 4. The minimum absolute atomic E-state index is 0.0747. The molecule has 5 heteroatoms. The largest absolute Gasteiger partial charge is 0.493 e. The summed E-state index contributed by atoms with van der Waals surface area (Å²) in [5.41, 5.74) is 2.35. The minimum atomic E-state index is -0.0747. The van der Waals surface area contributed by atoms with Crippen LogP contribution in [0.1, 0.15) is 53.7 Å². The van der Waals surface area contributed by atoms with Crippen molar-refractivity contribution in [2.24, 2.45) is 0 Å². The second-order valence-electron chi connectivity index (χ2n) is 6.64. The molecule has 134 valence electrons. The van der Waals surface area contributed by atoms with Crippen LogP contribution in [-0.4, -0.2) is 27.4 Å². The summed E-state index contributed by atoms with van der Waals surface area (Å²) < 4.78 is 23.1. The highest BCUT2D eigenvalue weighted by Crippen LogP contribution is 2.50. The third-order valence-corrected chi connectivity index (χ3v) is 6.41. The van der Waals surface area contributed by atoms with Crippen LogP contribution in [0.2, 0.25) is 0 Å². The minimum Gasteiger partial charge on any atom is -0.493 e. The van der Waals surface area contributed by atoms with E-state index in [4.69, 9.17) is 18.9 Å². The van der Waals surface area contributed by atoms with Gasteiger partial charge in [-0.3, -0.25) is 0 Å². The Morgan fingerprint density at radius 3 is 2.40 bits per heavy atom. The van der Waals surface area contributed by atoms with Crippen LogP contribution in [-0.2, 0) is 4.74 Å². The molecule has 0 saturated heterocycles. The maximum absolute atomic E-state index is 6.59. The molecule has 1 saturated carbocycles. The van der Waals surface area contributed by atoms with E-state index >= 15 is 0 Å². The summed E-state index contributed by atoms with van der Waals surface area (Å²) in [4.78, 5) is 1.50. The van der Waals surface area contributed by atoms with Crippen molar-refractivity contribution in [2.45, 2.75) is 43.8 Å². The molecule has 0 amide bonds. The van der Waals surface area contributed by atoms with Gasteiger partial charge in [0.1, 0.15) is 6.10 Å². The fraction of sp³-hybridized carbons (Fsp3) is 0.500. The highest BCUT2D eigenvalue weighted by molar-refractivity contribution is 7.10. The summed E-state index contributed by atoms with van der Waals surface area (Å²) in [5.74, 6) is 2.51. The van der Waals surface area contributed by atoms with Crippen molar-refractivity contribution in [1.29, 1.82) is 0 Å². The van der Waals surface area contributed by atoms with Gasteiger partial charge in [-0.25, -0.2) is 0 Å². The van der Waals surface area contributed by atoms with Gasteiger partial charge in [-0.2, -0.15) is 0 Å². The van der Waals surface area contributed by atoms with E-state index < -0.39 is 0 Å². The average Bonchev–Trinajstić information content (AvgIpc) is 3.16. The molecule has 2 heterocycles. The van der Waals surface area contributed by atoms with Crippen molar-refractivity contribution in [2.75, 3.05) is 21.3 Å². The molecule has 2 aromatic rings. The first-order chi connectivity index (χ1) is 12.3. The molecule has 4 nitrogen and oxygen atoms in total. The van der Waals surface area contributed by atoms with E-state index in [2.05, 4.69) is 11.4 Å². The third kappa shape index (κ3) is 2.79. The molecular weight excluding hydrogens is 336 g/mol. The van der Waals surface area contributed by atoms with Gasteiger partial charge in [0.15, 0.2) is 11.5 Å². The second-order valence-corrected chi connectivity index (χ2v) is 7.59. The van der Waals surface area contributed by atoms with Gasteiger partial charge in [-0.15, -0.1) is 11.3 Å². The molecule has 1 aliphatic heterocycles. The Morgan fingerprint density at radius 1 is 1.00 bits per heavy atom. The Labute approximate surface area is 152 Å². The number of thiophene rings is 1. The van der Waals surface area contributed by atoms with Gasteiger partial charge < -0.3 is 18.9 Å². The number of benzene rings is 1. The number of hydrogen-bond donors (Lipinski definition) is 0. The van der Waals surface area contributed by atoms with Crippen LogP contribution in [0.15, 0.2) is 23.6 Å². The van der Waals surface area contributed by atoms with Crippen LogP contribution in [0.25, 0.3) is 0 Å². The predicted molar refractivity (Wildman–Crippen MR) is 98.3 cm³/mol. The standard InChI is InChI=1S/C20H24O4S/c1-21-16-10-12(11-17(22-2)19(16)23-3)18-14-8-9-25-20(14)13-6-4-5-7-15(13)24-18/h8-11,13,15,18H,4-7H2,1-3H3/t13-,15-,18+/m1/s1. The fourth-order valence-electron chi connectivity index (χ4n) is 4.17. The van der Waals surface area contributed by atoms with Gasteiger partial charge in [-0.1, -0.05) is 12.8 Å². The Kier molecular flexibility index (Phi) is 4.61. The quantitative estimate of drug-likeness (QED) is 0.775. The van der Waals surface area contributed by atoms with Gasteiger partial charge in [-0.05, 0) is 47.5 Å². The monoisotopic (exact) mass is 360 g/mol. The molecule has 0 bridgehead atoms. The van der Waals surface area contributed by atoms with Crippen molar-refractivity contribution in [1.82, 2.24) is 0 Å². The molecule has 0 N–H and O–H groups in total. The van der Waals surface area contributed by atoms with Gasteiger partial charge in [0.25, 0.3) is 0 Å². The van der Waals surface area contributed by atoms with Gasteiger partial charge >= 0.3 is 0 Å². The zero-order valence-corrected chi connectivity index (χ0v) is 15.7. The molecule has 4 rings (SSSR count). The summed E-state index contributed by atoms with van der Waals surface area (Å²) in [7, 11) is 4.92. The lowest BCUT2D eigenvalue weighted by Crippen LogP contribution is -2.32. The molecule has 1 fully saturated rings. The molecule has 25 heavy (non-hydrogen) atoms. The van der Waals surface area contributed by atoms with Crippen molar-refractivity contribution in [3.05, 3.63) is 39.6 Å². The van der Waals surface area contributed by atoms with Crippen LogP contribution in [0.5, 0.6) is 17.2 Å². The molecule has 0 radical (unpaired) electrons. The number of methoxy groups -OCH3 is 3. The zero-order valence-electron chi connectivity index (χ0n) is 14.9. The average molecular weight is 360 g/mol. The molecule has 1 aliphatic carbocycles. The molecule has 0 spiro atoms. The van der Waals surface area contributed by atoms with Gasteiger partial charge in [0.05, 0.1) is 27.4 Å². The number of fused-ring (bicyclic) bond motifs is 3. The van der Waals surface area contributed by atoms with E-state index in [1.54, 1.807) is 21.3 Å². The highest BCUT2D eigenvalue weighted by Gasteiger charge is 2.39. The van der Waals surface area contributed by atoms with Gasteiger partial charge in [0, 0.05) is 10.8 Å². The Hall–Kier alpha value is -1.72. The summed E-state index contributed by atoms with van der Waals surface area (Å²) in [6.45, 7) is 0. The lowest BCUT2D eigenvalue weighted by atomic mass is 9.80.